The maximum atomic E-state index is 12.9. The fourth-order valence-electron chi connectivity index (χ4n) is 3.91. The van der Waals surface area contributed by atoms with Gasteiger partial charge in [0.2, 0.25) is 5.91 Å². The van der Waals surface area contributed by atoms with Crippen molar-refractivity contribution in [1.29, 1.82) is 0 Å². The fourth-order valence-corrected chi connectivity index (χ4v) is 4.32. The Labute approximate surface area is 233 Å². The lowest BCUT2D eigenvalue weighted by molar-refractivity contribution is -0.111. The average Bonchev–Trinajstić information content (AvgIpc) is 2.94. The number of hydrogen-bond donors (Lipinski definition) is 4. The number of anilines is 3. The number of benzene rings is 3. The third-order valence-electron chi connectivity index (χ3n) is 5.94. The monoisotopic (exact) mass is 549 g/mol. The number of ether oxygens (including phenoxy) is 2. The zero-order valence-corrected chi connectivity index (χ0v) is 22.9. The average molecular weight is 550 g/mol. The van der Waals surface area contributed by atoms with Gasteiger partial charge in [-0.2, -0.15) is 0 Å². The Balaban J connectivity index is 1.68. The molecule has 8 nitrogen and oxygen atoms in total. The normalized spacial score (nSPS) is 12.5. The third-order valence-corrected chi connectivity index (χ3v) is 6.68. The highest BCUT2D eigenvalue weighted by atomic mass is 32.2. The summed E-state index contributed by atoms with van der Waals surface area (Å²) in [6.07, 6.45) is 5.23. The van der Waals surface area contributed by atoms with Crippen LogP contribution in [0.4, 0.5) is 21.9 Å². The number of aliphatic hydroxyl groups is 1. The van der Waals surface area contributed by atoms with Gasteiger partial charge in [-0.25, -0.2) is 4.79 Å². The summed E-state index contributed by atoms with van der Waals surface area (Å²) in [5, 5.41) is 14.8. The van der Waals surface area contributed by atoms with Crippen LogP contribution in [0.2, 0.25) is 0 Å². The number of nitrogens with two attached hydrogens (primary N) is 1. The van der Waals surface area contributed by atoms with E-state index in [9.17, 15) is 14.7 Å². The van der Waals surface area contributed by atoms with Crippen molar-refractivity contribution >= 4 is 40.8 Å². The molecule has 206 valence electrons. The van der Waals surface area contributed by atoms with E-state index in [0.29, 0.717) is 41.2 Å². The van der Waals surface area contributed by atoms with Crippen molar-refractivity contribution in [3.63, 3.8) is 0 Å². The first kappa shape index (κ1) is 29.6. The molecule has 3 rings (SSSR count). The molecule has 0 bridgehead atoms. The predicted octanol–water partition coefficient (Wildman–Crippen LogP) is 6.26. The van der Waals surface area contributed by atoms with Crippen molar-refractivity contribution in [1.82, 2.24) is 0 Å². The molecule has 0 radical (unpaired) electrons. The maximum absolute atomic E-state index is 12.9. The standard InChI is InChI=1S/C30H35N3O5S/c1-21(9-3-8-14-28(35)33-26-12-6-5-11-25(26)31)29(24-10-4-7-13-27(24)37-20-19-34)38-30(36)32-22-15-17-23(39-2)18-16-22/h4-8,10-18,21,29,34H,3,9,19-20,31H2,1-2H3,(H,32,36)(H,33,35)/b14-8+/t21-,29+/m0/s1. The van der Waals surface area contributed by atoms with Gasteiger partial charge in [0, 0.05) is 16.1 Å². The zero-order chi connectivity index (χ0) is 28.0. The number of carbonyl (C=O) groups excluding carboxylic acids is 2. The molecule has 0 aliphatic carbocycles. The van der Waals surface area contributed by atoms with Crippen LogP contribution in [0.5, 0.6) is 5.75 Å². The number of nitrogens with one attached hydrogen (secondary N) is 2. The number of hydrogen-bond acceptors (Lipinski definition) is 7. The molecule has 0 aromatic heterocycles. The van der Waals surface area contributed by atoms with Gasteiger partial charge >= 0.3 is 6.09 Å². The van der Waals surface area contributed by atoms with E-state index in [1.807, 2.05) is 55.6 Å². The first-order valence-corrected chi connectivity index (χ1v) is 13.9. The molecular weight excluding hydrogens is 514 g/mol. The molecule has 0 unspecified atom stereocenters. The topological polar surface area (TPSA) is 123 Å². The third kappa shape index (κ3) is 9.38. The zero-order valence-electron chi connectivity index (χ0n) is 22.1. The van der Waals surface area contributed by atoms with E-state index in [4.69, 9.17) is 15.2 Å². The van der Waals surface area contributed by atoms with Crippen molar-refractivity contribution in [2.24, 2.45) is 5.92 Å². The molecule has 39 heavy (non-hydrogen) atoms. The van der Waals surface area contributed by atoms with Crippen molar-refractivity contribution in [3.8, 4) is 5.75 Å². The Morgan fingerprint density at radius 3 is 2.46 bits per heavy atom. The number of aliphatic hydroxyl groups excluding tert-OH is 1. The van der Waals surface area contributed by atoms with Crippen LogP contribution in [0.15, 0.2) is 89.8 Å². The van der Waals surface area contributed by atoms with Gasteiger partial charge in [0.1, 0.15) is 18.5 Å². The van der Waals surface area contributed by atoms with Crippen molar-refractivity contribution in [2.75, 3.05) is 35.8 Å². The molecule has 0 saturated carbocycles. The fraction of sp³-hybridized carbons (Fsp3) is 0.267. The SMILES string of the molecule is CSc1ccc(NC(=O)O[C@@H](c2ccccc2OCCO)[C@@H](C)CC/C=C/C(=O)Nc2ccccc2N)cc1. The minimum Gasteiger partial charge on any atom is -0.491 e. The lowest BCUT2D eigenvalue weighted by atomic mass is 9.92. The van der Waals surface area contributed by atoms with Crippen molar-refractivity contribution < 1.29 is 24.2 Å². The van der Waals surface area contributed by atoms with E-state index in [2.05, 4.69) is 10.6 Å². The van der Waals surface area contributed by atoms with Gasteiger partial charge < -0.3 is 25.6 Å². The smallest absolute Gasteiger partial charge is 0.412 e. The molecule has 9 heteroatoms. The Morgan fingerprint density at radius 2 is 1.74 bits per heavy atom. The summed E-state index contributed by atoms with van der Waals surface area (Å²) >= 11 is 1.62. The summed E-state index contributed by atoms with van der Waals surface area (Å²) in [6, 6.07) is 21.9. The minimum atomic E-state index is -0.628. The molecule has 2 amide bonds. The Bertz CT molecular complexity index is 1250. The lowest BCUT2D eigenvalue weighted by Gasteiger charge is -2.26. The van der Waals surface area contributed by atoms with E-state index < -0.39 is 12.2 Å². The van der Waals surface area contributed by atoms with E-state index in [1.54, 1.807) is 48.2 Å². The first-order valence-electron chi connectivity index (χ1n) is 12.7. The minimum absolute atomic E-state index is 0.119. The highest BCUT2D eigenvalue weighted by Crippen LogP contribution is 2.35. The summed E-state index contributed by atoms with van der Waals surface area (Å²) in [7, 11) is 0. The van der Waals surface area contributed by atoms with Crippen LogP contribution in [0.3, 0.4) is 0 Å². The number of amides is 2. The molecule has 0 saturated heterocycles. The summed E-state index contributed by atoms with van der Waals surface area (Å²) in [4.78, 5) is 26.3. The van der Waals surface area contributed by atoms with Crippen LogP contribution in [-0.4, -0.2) is 36.6 Å². The lowest BCUT2D eigenvalue weighted by Crippen LogP contribution is -2.22. The number of rotatable bonds is 13. The number of allylic oxidation sites excluding steroid dienone is 1. The van der Waals surface area contributed by atoms with Crippen molar-refractivity contribution in [2.45, 2.75) is 30.8 Å². The Kier molecular flexibility index (Phi) is 11.7. The van der Waals surface area contributed by atoms with Gasteiger partial charge in [-0.05, 0) is 73.6 Å². The van der Waals surface area contributed by atoms with E-state index in [0.717, 1.165) is 4.90 Å². The largest absolute Gasteiger partial charge is 0.491 e. The van der Waals surface area contributed by atoms with Gasteiger partial charge in [-0.1, -0.05) is 43.3 Å². The highest BCUT2D eigenvalue weighted by molar-refractivity contribution is 7.98. The summed E-state index contributed by atoms with van der Waals surface area (Å²) < 4.78 is 11.7. The quantitative estimate of drug-likeness (QED) is 0.113. The second kappa shape index (κ2) is 15.5. The summed E-state index contributed by atoms with van der Waals surface area (Å²) in [5.74, 6) is 0.143. The molecule has 0 heterocycles. The molecule has 5 N–H and O–H groups in total. The number of thioether (sulfide) groups is 1. The van der Waals surface area contributed by atoms with E-state index >= 15 is 0 Å². The van der Waals surface area contributed by atoms with Crippen LogP contribution in [0.25, 0.3) is 0 Å². The number of para-hydroxylation sites is 3. The van der Waals surface area contributed by atoms with Crippen LogP contribution in [0.1, 0.15) is 31.4 Å². The van der Waals surface area contributed by atoms with Gasteiger partial charge in [-0.3, -0.25) is 10.1 Å². The second-order valence-electron chi connectivity index (χ2n) is 8.82. The number of carbonyl (C=O) groups is 2. The van der Waals surface area contributed by atoms with Crippen LogP contribution in [0, 0.1) is 5.92 Å². The van der Waals surface area contributed by atoms with Gasteiger partial charge in [0.05, 0.1) is 18.0 Å². The van der Waals surface area contributed by atoms with Gasteiger partial charge in [0.25, 0.3) is 0 Å². The van der Waals surface area contributed by atoms with E-state index in [-0.39, 0.29) is 25.0 Å². The Hall–Kier alpha value is -3.95. The molecule has 0 aliphatic rings. The predicted molar refractivity (Wildman–Crippen MR) is 157 cm³/mol. The Morgan fingerprint density at radius 1 is 1.03 bits per heavy atom. The first-order chi connectivity index (χ1) is 18.9. The van der Waals surface area contributed by atoms with Gasteiger partial charge in [0.15, 0.2) is 0 Å². The van der Waals surface area contributed by atoms with Crippen LogP contribution in [-0.2, 0) is 9.53 Å². The molecule has 3 aromatic carbocycles. The van der Waals surface area contributed by atoms with Crippen molar-refractivity contribution in [3.05, 3.63) is 90.5 Å². The summed E-state index contributed by atoms with van der Waals surface area (Å²) in [5.41, 5.74) is 8.27. The molecule has 0 spiro atoms. The number of nitrogen functional groups attached to an aromatic ring is 1. The highest BCUT2D eigenvalue weighted by Gasteiger charge is 2.26. The molecular formula is C30H35N3O5S. The molecule has 2 atom stereocenters. The second-order valence-corrected chi connectivity index (χ2v) is 9.70. The van der Waals surface area contributed by atoms with Crippen LogP contribution >= 0.6 is 11.8 Å². The van der Waals surface area contributed by atoms with Gasteiger partial charge in [-0.15, -0.1) is 11.8 Å². The molecule has 0 fully saturated rings. The molecule has 3 aromatic rings. The summed E-state index contributed by atoms with van der Waals surface area (Å²) in [6.45, 7) is 1.96. The van der Waals surface area contributed by atoms with E-state index in [1.165, 1.54) is 6.08 Å². The molecule has 0 aliphatic heterocycles. The van der Waals surface area contributed by atoms with Crippen LogP contribution < -0.4 is 21.1 Å². The maximum Gasteiger partial charge on any atom is 0.412 e.